The molecule has 1 aromatic carbocycles. The van der Waals surface area contributed by atoms with Gasteiger partial charge < -0.3 is 4.74 Å². The molecule has 4 heteroatoms. The molecule has 1 aromatic rings. The van der Waals surface area contributed by atoms with Crippen LogP contribution in [0.4, 0.5) is 0 Å². The van der Waals surface area contributed by atoms with Crippen LogP contribution in [0.1, 0.15) is 39.7 Å². The SMILES string of the molecule is CCOC(=O)CCS(=O)c1ccc(C(C)(C)C)cc1. The van der Waals surface area contributed by atoms with Gasteiger partial charge in [0.1, 0.15) is 0 Å². The molecule has 0 amide bonds. The van der Waals surface area contributed by atoms with E-state index >= 15 is 0 Å². The van der Waals surface area contributed by atoms with Gasteiger partial charge in [-0.05, 0) is 30.0 Å². The molecule has 0 saturated carbocycles. The molecular formula is C15H22O3S. The van der Waals surface area contributed by atoms with Gasteiger partial charge in [-0.25, -0.2) is 0 Å². The minimum Gasteiger partial charge on any atom is -0.466 e. The molecule has 0 aliphatic heterocycles. The van der Waals surface area contributed by atoms with E-state index in [0.29, 0.717) is 12.4 Å². The van der Waals surface area contributed by atoms with Gasteiger partial charge in [0.25, 0.3) is 0 Å². The van der Waals surface area contributed by atoms with Crippen molar-refractivity contribution in [1.29, 1.82) is 0 Å². The zero-order valence-corrected chi connectivity index (χ0v) is 12.9. The predicted octanol–water partition coefficient (Wildman–Crippen LogP) is 3.04. The van der Waals surface area contributed by atoms with Gasteiger partial charge in [-0.3, -0.25) is 9.00 Å². The van der Waals surface area contributed by atoms with Crippen LogP contribution in [0, 0.1) is 0 Å². The zero-order chi connectivity index (χ0) is 14.5. The highest BCUT2D eigenvalue weighted by Gasteiger charge is 2.14. The van der Waals surface area contributed by atoms with Crippen molar-refractivity contribution in [3.05, 3.63) is 29.8 Å². The van der Waals surface area contributed by atoms with E-state index in [9.17, 15) is 9.00 Å². The van der Waals surface area contributed by atoms with Gasteiger partial charge in [-0.2, -0.15) is 0 Å². The number of hydrogen-bond acceptors (Lipinski definition) is 3. The summed E-state index contributed by atoms with van der Waals surface area (Å²) in [7, 11) is -1.14. The lowest BCUT2D eigenvalue weighted by Gasteiger charge is -2.19. The molecule has 0 bridgehead atoms. The Balaban J connectivity index is 2.61. The topological polar surface area (TPSA) is 43.4 Å². The lowest BCUT2D eigenvalue weighted by atomic mass is 9.87. The van der Waals surface area contributed by atoms with Crippen molar-refractivity contribution in [3.63, 3.8) is 0 Å². The molecule has 3 nitrogen and oxygen atoms in total. The van der Waals surface area contributed by atoms with Gasteiger partial charge >= 0.3 is 5.97 Å². The number of carbonyl (C=O) groups is 1. The second-order valence-electron chi connectivity index (χ2n) is 5.38. The van der Waals surface area contributed by atoms with Crippen LogP contribution < -0.4 is 0 Å². The van der Waals surface area contributed by atoms with Crippen LogP contribution >= 0.6 is 0 Å². The van der Waals surface area contributed by atoms with E-state index in [4.69, 9.17) is 4.74 Å². The van der Waals surface area contributed by atoms with Crippen LogP contribution in [0.5, 0.6) is 0 Å². The van der Waals surface area contributed by atoms with Crippen molar-refractivity contribution in [2.24, 2.45) is 0 Å². The molecule has 0 aliphatic carbocycles. The first-order valence-corrected chi connectivity index (χ1v) is 7.81. The fourth-order valence-electron chi connectivity index (χ4n) is 1.63. The monoisotopic (exact) mass is 282 g/mol. The highest BCUT2D eigenvalue weighted by atomic mass is 32.2. The van der Waals surface area contributed by atoms with Crippen molar-refractivity contribution in [1.82, 2.24) is 0 Å². The fraction of sp³-hybridized carbons (Fsp3) is 0.533. The second-order valence-corrected chi connectivity index (χ2v) is 6.95. The lowest BCUT2D eigenvalue weighted by Crippen LogP contribution is -2.12. The largest absolute Gasteiger partial charge is 0.466 e. The lowest BCUT2D eigenvalue weighted by molar-refractivity contribution is -0.142. The summed E-state index contributed by atoms with van der Waals surface area (Å²) in [6.45, 7) is 8.55. The van der Waals surface area contributed by atoms with E-state index in [1.54, 1.807) is 6.92 Å². The summed E-state index contributed by atoms with van der Waals surface area (Å²) in [6, 6.07) is 7.75. The van der Waals surface area contributed by atoms with E-state index in [2.05, 4.69) is 20.8 Å². The number of hydrogen-bond donors (Lipinski definition) is 0. The molecule has 0 spiro atoms. The van der Waals surface area contributed by atoms with Gasteiger partial charge in [-0.1, -0.05) is 32.9 Å². The van der Waals surface area contributed by atoms with Gasteiger partial charge in [0.2, 0.25) is 0 Å². The first kappa shape index (κ1) is 15.9. The molecule has 0 saturated heterocycles. The third kappa shape index (κ3) is 5.15. The summed E-state index contributed by atoms with van der Waals surface area (Å²) < 4.78 is 16.8. The standard InChI is InChI=1S/C15H22O3S/c1-5-18-14(16)10-11-19(17)13-8-6-12(7-9-13)15(2,3)4/h6-9H,5,10-11H2,1-4H3. The summed E-state index contributed by atoms with van der Waals surface area (Å²) >= 11 is 0. The predicted molar refractivity (Wildman–Crippen MR) is 77.7 cm³/mol. The van der Waals surface area contributed by atoms with E-state index in [1.165, 1.54) is 5.56 Å². The van der Waals surface area contributed by atoms with Crippen molar-refractivity contribution in [3.8, 4) is 0 Å². The zero-order valence-electron chi connectivity index (χ0n) is 12.1. The fourth-order valence-corrected chi connectivity index (χ4v) is 2.66. The van der Waals surface area contributed by atoms with Crippen LogP contribution in [-0.2, 0) is 25.7 Å². The number of rotatable bonds is 5. The molecule has 0 radical (unpaired) electrons. The van der Waals surface area contributed by atoms with Crippen molar-refractivity contribution >= 4 is 16.8 Å². The Morgan fingerprint density at radius 3 is 2.26 bits per heavy atom. The summed E-state index contributed by atoms with van der Waals surface area (Å²) in [6.07, 6.45) is 0.196. The average molecular weight is 282 g/mol. The third-order valence-electron chi connectivity index (χ3n) is 2.78. The smallest absolute Gasteiger partial charge is 0.306 e. The molecule has 106 valence electrons. The van der Waals surface area contributed by atoms with E-state index < -0.39 is 10.8 Å². The van der Waals surface area contributed by atoms with E-state index in [0.717, 1.165) is 4.90 Å². The molecule has 0 N–H and O–H groups in total. The maximum atomic E-state index is 12.0. The Morgan fingerprint density at radius 1 is 1.21 bits per heavy atom. The maximum Gasteiger partial charge on any atom is 0.306 e. The highest BCUT2D eigenvalue weighted by molar-refractivity contribution is 7.85. The molecule has 1 unspecified atom stereocenters. The van der Waals surface area contributed by atoms with Crippen molar-refractivity contribution in [2.45, 2.75) is 44.4 Å². The number of ether oxygens (including phenoxy) is 1. The summed E-state index contributed by atoms with van der Waals surface area (Å²) in [5, 5.41) is 0. The number of esters is 1. The second kappa shape index (κ2) is 6.85. The number of benzene rings is 1. The molecule has 0 aromatic heterocycles. The molecule has 0 heterocycles. The van der Waals surface area contributed by atoms with Gasteiger partial charge in [0.15, 0.2) is 0 Å². The molecule has 1 rings (SSSR count). The Labute approximate surface area is 117 Å². The summed E-state index contributed by atoms with van der Waals surface area (Å²) in [4.78, 5) is 12.0. The summed E-state index contributed by atoms with van der Waals surface area (Å²) in [5.41, 5.74) is 1.30. The normalized spacial score (nSPS) is 13.1. The quantitative estimate of drug-likeness (QED) is 0.780. The first-order chi connectivity index (χ1) is 8.84. The average Bonchev–Trinajstić information content (AvgIpc) is 2.35. The minimum absolute atomic E-state index is 0.0882. The Kier molecular flexibility index (Phi) is 5.73. The van der Waals surface area contributed by atoms with Gasteiger partial charge in [-0.15, -0.1) is 0 Å². The van der Waals surface area contributed by atoms with Gasteiger partial charge in [0, 0.05) is 10.6 Å². The van der Waals surface area contributed by atoms with Crippen LogP contribution in [0.2, 0.25) is 0 Å². The van der Waals surface area contributed by atoms with Crippen LogP contribution in [0.25, 0.3) is 0 Å². The Morgan fingerprint density at radius 2 is 1.79 bits per heavy atom. The minimum atomic E-state index is -1.14. The molecule has 19 heavy (non-hydrogen) atoms. The van der Waals surface area contributed by atoms with Crippen molar-refractivity contribution in [2.75, 3.05) is 12.4 Å². The van der Waals surface area contributed by atoms with Gasteiger partial charge in [0.05, 0.1) is 23.8 Å². The maximum absolute atomic E-state index is 12.0. The van der Waals surface area contributed by atoms with Crippen LogP contribution in [-0.4, -0.2) is 22.5 Å². The van der Waals surface area contributed by atoms with Crippen LogP contribution in [0.15, 0.2) is 29.2 Å². The van der Waals surface area contributed by atoms with Crippen molar-refractivity contribution < 1.29 is 13.7 Å². The first-order valence-electron chi connectivity index (χ1n) is 6.49. The summed E-state index contributed by atoms with van der Waals surface area (Å²) in [5.74, 6) is 0.0235. The molecular weight excluding hydrogens is 260 g/mol. The van der Waals surface area contributed by atoms with E-state index in [-0.39, 0.29) is 17.8 Å². The van der Waals surface area contributed by atoms with E-state index in [1.807, 2.05) is 24.3 Å². The Hall–Kier alpha value is -1.16. The third-order valence-corrected chi connectivity index (χ3v) is 4.15. The Bertz CT molecular complexity index is 443. The molecule has 1 atom stereocenters. The van der Waals surface area contributed by atoms with Crippen LogP contribution in [0.3, 0.4) is 0 Å². The molecule has 0 fully saturated rings. The highest BCUT2D eigenvalue weighted by Crippen LogP contribution is 2.23. The molecule has 0 aliphatic rings. The number of carbonyl (C=O) groups excluding carboxylic acids is 1.